The number of halogens is 1. The van der Waals surface area contributed by atoms with Gasteiger partial charge in [0.2, 0.25) is 17.6 Å². The van der Waals surface area contributed by atoms with E-state index in [4.69, 9.17) is 4.52 Å². The van der Waals surface area contributed by atoms with E-state index in [-0.39, 0.29) is 11.7 Å². The van der Waals surface area contributed by atoms with Crippen LogP contribution in [0, 0.1) is 11.7 Å². The number of aromatic nitrogens is 2. The van der Waals surface area contributed by atoms with E-state index in [9.17, 15) is 9.18 Å². The van der Waals surface area contributed by atoms with E-state index in [1.165, 1.54) is 12.1 Å². The maximum Gasteiger partial charge on any atom is 0.227 e. The molecule has 1 aliphatic rings. The van der Waals surface area contributed by atoms with Crippen LogP contribution in [0.2, 0.25) is 0 Å². The Labute approximate surface area is 160 Å². The van der Waals surface area contributed by atoms with Crippen LogP contribution in [0.5, 0.6) is 0 Å². The van der Waals surface area contributed by atoms with Gasteiger partial charge in [-0.05, 0) is 65.4 Å². The van der Waals surface area contributed by atoms with Gasteiger partial charge in [-0.15, -0.1) is 0 Å². The van der Waals surface area contributed by atoms with Crippen molar-refractivity contribution in [1.29, 1.82) is 0 Å². The maximum absolute atomic E-state index is 13.0. The Morgan fingerprint density at radius 1 is 1.22 bits per heavy atom. The van der Waals surface area contributed by atoms with Gasteiger partial charge in [0.1, 0.15) is 5.82 Å². The van der Waals surface area contributed by atoms with Crippen LogP contribution in [0.15, 0.2) is 45.6 Å². The summed E-state index contributed by atoms with van der Waals surface area (Å²) in [5.41, 5.74) is 1.83. The highest BCUT2D eigenvalue weighted by Gasteiger charge is 2.24. The summed E-state index contributed by atoms with van der Waals surface area (Å²) in [7, 11) is 0. The number of thiophene rings is 1. The van der Waals surface area contributed by atoms with Gasteiger partial charge < -0.3 is 9.42 Å². The van der Waals surface area contributed by atoms with Crippen LogP contribution < -0.4 is 0 Å². The van der Waals surface area contributed by atoms with E-state index in [0.717, 1.165) is 37.1 Å². The molecular weight excluding hydrogens is 365 g/mol. The lowest BCUT2D eigenvalue weighted by atomic mass is 9.93. The molecule has 0 N–H and O–H groups in total. The van der Waals surface area contributed by atoms with Gasteiger partial charge in [-0.25, -0.2) is 4.39 Å². The maximum atomic E-state index is 13.0. The lowest BCUT2D eigenvalue weighted by molar-refractivity contribution is -0.131. The normalized spacial score (nSPS) is 15.2. The fourth-order valence-electron chi connectivity index (χ4n) is 3.37. The van der Waals surface area contributed by atoms with Gasteiger partial charge in [0, 0.05) is 25.1 Å². The van der Waals surface area contributed by atoms with Gasteiger partial charge in [0.15, 0.2) is 0 Å². The van der Waals surface area contributed by atoms with Crippen molar-refractivity contribution in [3.05, 3.63) is 58.4 Å². The first-order valence-corrected chi connectivity index (χ1v) is 9.99. The molecular formula is C20H20FN3O2S. The van der Waals surface area contributed by atoms with E-state index < -0.39 is 0 Å². The van der Waals surface area contributed by atoms with Crippen molar-refractivity contribution < 1.29 is 13.7 Å². The van der Waals surface area contributed by atoms with E-state index in [1.54, 1.807) is 23.5 Å². The highest BCUT2D eigenvalue weighted by molar-refractivity contribution is 7.08. The van der Waals surface area contributed by atoms with Crippen molar-refractivity contribution in [2.45, 2.75) is 25.7 Å². The number of rotatable bonds is 5. The summed E-state index contributed by atoms with van der Waals surface area (Å²) in [6.07, 6.45) is 3.06. The minimum Gasteiger partial charge on any atom is -0.342 e. The average molecular weight is 385 g/mol. The Morgan fingerprint density at radius 3 is 2.70 bits per heavy atom. The molecule has 0 spiro atoms. The van der Waals surface area contributed by atoms with Gasteiger partial charge in [-0.3, -0.25) is 4.79 Å². The largest absolute Gasteiger partial charge is 0.342 e. The molecule has 7 heteroatoms. The molecule has 3 aromatic rings. The highest BCUT2D eigenvalue weighted by atomic mass is 32.1. The Morgan fingerprint density at radius 2 is 2.00 bits per heavy atom. The second kappa shape index (κ2) is 8.00. The zero-order valence-corrected chi connectivity index (χ0v) is 15.6. The first-order valence-electron chi connectivity index (χ1n) is 9.05. The molecule has 1 amide bonds. The van der Waals surface area contributed by atoms with Crippen molar-refractivity contribution in [3.8, 4) is 11.4 Å². The predicted octanol–water partition coefficient (Wildman–Crippen LogP) is 3.96. The summed E-state index contributed by atoms with van der Waals surface area (Å²) in [5, 5.41) is 8.02. The van der Waals surface area contributed by atoms with Crippen LogP contribution in [0.3, 0.4) is 0 Å². The molecule has 0 atom stereocenters. The topological polar surface area (TPSA) is 59.2 Å². The molecule has 4 rings (SSSR count). The molecule has 1 fully saturated rings. The van der Waals surface area contributed by atoms with Crippen molar-refractivity contribution in [2.24, 2.45) is 5.92 Å². The second-order valence-electron chi connectivity index (χ2n) is 6.86. The Hall–Kier alpha value is -2.54. The lowest BCUT2D eigenvalue weighted by Gasteiger charge is -2.31. The van der Waals surface area contributed by atoms with Crippen LogP contribution in [-0.2, 0) is 17.6 Å². The molecule has 2 aromatic heterocycles. The number of hydrogen-bond donors (Lipinski definition) is 0. The van der Waals surface area contributed by atoms with Crippen LogP contribution >= 0.6 is 11.3 Å². The fraction of sp³-hybridized carbons (Fsp3) is 0.350. The molecule has 0 aliphatic carbocycles. The third kappa shape index (κ3) is 4.42. The minimum atomic E-state index is -0.289. The summed E-state index contributed by atoms with van der Waals surface area (Å²) >= 11 is 1.62. The van der Waals surface area contributed by atoms with Gasteiger partial charge in [0.25, 0.3) is 0 Å². The first-order chi connectivity index (χ1) is 13.2. The van der Waals surface area contributed by atoms with E-state index in [2.05, 4.69) is 10.1 Å². The molecule has 5 nitrogen and oxygen atoms in total. The third-order valence-corrected chi connectivity index (χ3v) is 5.67. The number of carbonyl (C=O) groups is 1. The number of hydrogen-bond acceptors (Lipinski definition) is 5. The first kappa shape index (κ1) is 17.9. The Balaban J connectivity index is 1.29. The van der Waals surface area contributed by atoms with Gasteiger partial charge in [-0.1, -0.05) is 5.16 Å². The van der Waals surface area contributed by atoms with Gasteiger partial charge in [0.05, 0.1) is 6.42 Å². The van der Waals surface area contributed by atoms with Crippen LogP contribution in [0.1, 0.15) is 24.3 Å². The summed E-state index contributed by atoms with van der Waals surface area (Å²) in [6.45, 7) is 1.54. The zero-order chi connectivity index (χ0) is 18.6. The minimum absolute atomic E-state index is 0.197. The van der Waals surface area contributed by atoms with Crippen molar-refractivity contribution in [1.82, 2.24) is 15.0 Å². The van der Waals surface area contributed by atoms with Crippen LogP contribution in [0.25, 0.3) is 11.4 Å². The van der Waals surface area contributed by atoms with Crippen LogP contribution in [0.4, 0.5) is 4.39 Å². The number of amides is 1. The van der Waals surface area contributed by atoms with Crippen molar-refractivity contribution >= 4 is 17.2 Å². The standard InChI is InChI=1S/C20H20FN3O2S/c21-17-3-1-16(2-4-17)20-22-18(26-23-20)11-14-5-8-24(9-6-14)19(25)12-15-7-10-27-13-15/h1-4,7,10,13-14H,5-6,8-9,11-12H2. The molecule has 140 valence electrons. The highest BCUT2D eigenvalue weighted by Crippen LogP contribution is 2.23. The molecule has 1 aromatic carbocycles. The van der Waals surface area contributed by atoms with Crippen molar-refractivity contribution in [3.63, 3.8) is 0 Å². The molecule has 27 heavy (non-hydrogen) atoms. The summed E-state index contributed by atoms with van der Waals surface area (Å²) in [6, 6.07) is 8.05. The molecule has 3 heterocycles. The quantitative estimate of drug-likeness (QED) is 0.667. The smallest absolute Gasteiger partial charge is 0.227 e. The predicted molar refractivity (Wildman–Crippen MR) is 101 cm³/mol. The molecule has 0 unspecified atom stereocenters. The molecule has 0 bridgehead atoms. The third-order valence-electron chi connectivity index (χ3n) is 4.94. The summed E-state index contributed by atoms with van der Waals surface area (Å²) in [5.74, 6) is 1.41. The summed E-state index contributed by atoms with van der Waals surface area (Å²) < 4.78 is 18.4. The monoisotopic (exact) mass is 385 g/mol. The zero-order valence-electron chi connectivity index (χ0n) is 14.8. The Bertz CT molecular complexity index is 884. The van der Waals surface area contributed by atoms with Gasteiger partial charge >= 0.3 is 0 Å². The lowest BCUT2D eigenvalue weighted by Crippen LogP contribution is -2.39. The molecule has 1 saturated heterocycles. The van der Waals surface area contributed by atoms with E-state index in [1.807, 2.05) is 21.7 Å². The molecule has 0 saturated carbocycles. The average Bonchev–Trinajstić information content (AvgIpc) is 3.35. The number of carbonyl (C=O) groups excluding carboxylic acids is 1. The summed E-state index contributed by atoms with van der Waals surface area (Å²) in [4.78, 5) is 18.8. The second-order valence-corrected chi connectivity index (χ2v) is 7.64. The van der Waals surface area contributed by atoms with Gasteiger partial charge in [-0.2, -0.15) is 16.3 Å². The fourth-order valence-corrected chi connectivity index (χ4v) is 4.04. The Kier molecular flexibility index (Phi) is 5.29. The van der Waals surface area contributed by atoms with E-state index >= 15 is 0 Å². The number of benzene rings is 1. The van der Waals surface area contributed by atoms with Crippen LogP contribution in [-0.4, -0.2) is 34.0 Å². The SMILES string of the molecule is O=C(Cc1ccsc1)N1CCC(Cc2nc(-c3ccc(F)cc3)no2)CC1. The molecule has 0 radical (unpaired) electrons. The van der Waals surface area contributed by atoms with Crippen molar-refractivity contribution in [2.75, 3.05) is 13.1 Å². The number of likely N-dealkylation sites (tertiary alicyclic amines) is 1. The molecule has 1 aliphatic heterocycles. The van der Waals surface area contributed by atoms with E-state index in [0.29, 0.717) is 30.5 Å². The number of nitrogens with zero attached hydrogens (tertiary/aromatic N) is 3. The number of piperidine rings is 1.